The molecule has 2 saturated heterocycles. The Morgan fingerprint density at radius 1 is 1.26 bits per heavy atom. The zero-order valence-electron chi connectivity index (χ0n) is 10.4. The molecule has 2 aliphatic rings. The summed E-state index contributed by atoms with van der Waals surface area (Å²) in [5, 5.41) is 30.8. The number of esters is 1. The largest absolute Gasteiger partial charge is 0.807 e. The Morgan fingerprint density at radius 3 is 2.37 bits per heavy atom. The van der Waals surface area contributed by atoms with E-state index >= 15 is 0 Å². The molecule has 0 aliphatic carbocycles. The molecule has 19 heavy (non-hydrogen) atoms. The first-order chi connectivity index (χ1) is 7.85. The van der Waals surface area contributed by atoms with Crippen LogP contribution in [0.5, 0.6) is 0 Å². The topological polar surface area (TPSA) is 118 Å². The van der Waals surface area contributed by atoms with Crippen molar-refractivity contribution in [1.29, 1.82) is 0 Å². The second kappa shape index (κ2) is 8.10. The maximum Gasteiger partial charge on any atom is 0.337 e. The number of methoxy groups -OCH3 is 1. The van der Waals surface area contributed by atoms with E-state index in [2.05, 4.69) is 4.74 Å². The zero-order valence-corrected chi connectivity index (χ0v) is 19.9. The van der Waals surface area contributed by atoms with E-state index < -0.39 is 42.6 Å². The van der Waals surface area contributed by atoms with Crippen molar-refractivity contribution in [3.8, 4) is 0 Å². The predicted molar refractivity (Wildman–Crippen MR) is 47.1 cm³/mol. The van der Waals surface area contributed by atoms with Crippen molar-refractivity contribution in [3.05, 3.63) is 0 Å². The zero-order chi connectivity index (χ0) is 12.8. The molecule has 0 spiro atoms. The van der Waals surface area contributed by atoms with Gasteiger partial charge >= 0.3 is 5.97 Å². The molecule has 2 radical (unpaired) electrons. The second-order valence-electron chi connectivity index (χ2n) is 3.99. The van der Waals surface area contributed by atoms with Gasteiger partial charge in [-0.25, -0.2) is 4.79 Å². The van der Waals surface area contributed by atoms with E-state index in [4.69, 9.17) is 14.2 Å². The summed E-state index contributed by atoms with van der Waals surface area (Å²) in [5.74, 6) is -3.04. The van der Waals surface area contributed by atoms with E-state index in [9.17, 15) is 20.1 Å². The van der Waals surface area contributed by atoms with Gasteiger partial charge < -0.3 is 34.3 Å². The van der Waals surface area contributed by atoms with Gasteiger partial charge in [0.1, 0.15) is 18.3 Å². The third-order valence-electron chi connectivity index (χ3n) is 2.66. The predicted octanol–water partition coefficient (Wildman–Crippen LogP) is -2.94. The van der Waals surface area contributed by atoms with Gasteiger partial charge in [0.2, 0.25) is 0 Å². The molecule has 0 amide bonds. The molecule has 0 saturated carbocycles. The van der Waals surface area contributed by atoms with Crippen molar-refractivity contribution in [2.24, 2.45) is 0 Å². The Balaban J connectivity index is 0.00000162. The molecule has 2 heterocycles. The fourth-order valence-corrected chi connectivity index (χ4v) is 1.85. The number of hydrogen-bond acceptors (Lipinski definition) is 8. The fraction of sp³-hybridized carbons (Fsp3) is 0.889. The maximum atomic E-state index is 11.4. The Kier molecular flexibility index (Phi) is 9.00. The monoisotopic (exact) mass is 703 g/mol. The average Bonchev–Trinajstić information content (AvgIpc) is 2.57. The van der Waals surface area contributed by atoms with Crippen LogP contribution in [0.3, 0.4) is 0 Å². The minimum absolute atomic E-state index is 0. The SMILES string of the molecule is COC(=O)C1OC2OC(C)([O-])OC2C(O)C1O.[Ac].[Ac]. The first-order valence-corrected chi connectivity index (χ1v) is 5.01. The first kappa shape index (κ1) is 21.1. The molecule has 0 aromatic heterocycles. The molecule has 0 aromatic carbocycles. The Bertz CT molecular complexity index is 325. The van der Waals surface area contributed by atoms with Crippen LogP contribution >= 0.6 is 0 Å². The number of ether oxygens (including phenoxy) is 4. The van der Waals surface area contributed by atoms with Crippen molar-refractivity contribution < 1.29 is 127 Å². The number of hydrogen-bond donors (Lipinski definition) is 2. The van der Waals surface area contributed by atoms with E-state index in [0.29, 0.717) is 0 Å². The standard InChI is InChI=1S/C9H13O8.2Ac/c1-9(13)16-6-4(11)3(10)5(7(12)14-2)15-8(6)17-9;;/h3-6,8,10-11H,1-2H3;;/q-1;;. The Hall–Kier alpha value is 2.11. The van der Waals surface area contributed by atoms with Crippen LogP contribution in [0.1, 0.15) is 6.92 Å². The summed E-state index contributed by atoms with van der Waals surface area (Å²) in [6.45, 7) is 1.10. The third-order valence-corrected chi connectivity index (χ3v) is 2.66. The van der Waals surface area contributed by atoms with Crippen molar-refractivity contribution in [2.75, 3.05) is 7.11 Å². The normalized spacial score (nSPS) is 44.6. The van der Waals surface area contributed by atoms with Gasteiger partial charge in [-0.2, -0.15) is 0 Å². The smallest absolute Gasteiger partial charge is 0.337 e. The van der Waals surface area contributed by atoms with Gasteiger partial charge in [0.15, 0.2) is 12.4 Å². The van der Waals surface area contributed by atoms with Crippen LogP contribution in [0, 0.1) is 88.1 Å². The van der Waals surface area contributed by atoms with Crippen LogP contribution < -0.4 is 5.11 Å². The molecule has 104 valence electrons. The van der Waals surface area contributed by atoms with Crippen LogP contribution in [-0.2, 0) is 23.7 Å². The molecule has 0 bridgehead atoms. The number of aliphatic hydroxyl groups excluding tert-OH is 2. The minimum atomic E-state index is -2.18. The van der Waals surface area contributed by atoms with E-state index in [1.54, 1.807) is 0 Å². The number of carbonyl (C=O) groups excluding carboxylic acids is 1. The van der Waals surface area contributed by atoms with Gasteiger partial charge in [0.25, 0.3) is 0 Å². The van der Waals surface area contributed by atoms with Gasteiger partial charge in [-0.15, -0.1) is 0 Å². The molecule has 2 rings (SSSR count). The molecule has 6 atom stereocenters. The van der Waals surface area contributed by atoms with E-state index in [0.717, 1.165) is 14.0 Å². The Labute approximate surface area is 181 Å². The summed E-state index contributed by atoms with van der Waals surface area (Å²) in [5.41, 5.74) is 0. The van der Waals surface area contributed by atoms with Crippen molar-refractivity contribution in [1.82, 2.24) is 0 Å². The van der Waals surface area contributed by atoms with E-state index in [1.165, 1.54) is 0 Å². The average molecular weight is 703 g/mol. The molecular weight excluding hydrogens is 690 g/mol. The molecule has 8 nitrogen and oxygen atoms in total. The molecule has 10 heteroatoms. The van der Waals surface area contributed by atoms with Gasteiger partial charge in [-0.1, -0.05) is 0 Å². The fourth-order valence-electron chi connectivity index (χ4n) is 1.85. The van der Waals surface area contributed by atoms with Gasteiger partial charge in [-0.3, -0.25) is 0 Å². The number of rotatable bonds is 1. The van der Waals surface area contributed by atoms with Crippen molar-refractivity contribution >= 4 is 5.97 Å². The van der Waals surface area contributed by atoms with Gasteiger partial charge in [0, 0.05) is 88.1 Å². The van der Waals surface area contributed by atoms with Crippen LogP contribution in [0.4, 0.5) is 0 Å². The molecule has 2 N–H and O–H groups in total. The number of carbonyl (C=O) groups is 1. The summed E-state index contributed by atoms with van der Waals surface area (Å²) in [7, 11) is 1.11. The van der Waals surface area contributed by atoms with E-state index in [1.807, 2.05) is 0 Å². The Morgan fingerprint density at radius 2 is 1.84 bits per heavy atom. The minimum Gasteiger partial charge on any atom is -0.807 e. The van der Waals surface area contributed by atoms with Crippen LogP contribution in [0.15, 0.2) is 0 Å². The van der Waals surface area contributed by atoms with Crippen molar-refractivity contribution in [3.63, 3.8) is 0 Å². The summed E-state index contributed by atoms with van der Waals surface area (Å²) in [6, 6.07) is 0. The second-order valence-corrected chi connectivity index (χ2v) is 3.99. The van der Waals surface area contributed by atoms with Crippen LogP contribution in [0.2, 0.25) is 0 Å². The third kappa shape index (κ3) is 4.54. The molecular formula is C9H13Ac2O8-. The summed E-state index contributed by atoms with van der Waals surface area (Å²) in [4.78, 5) is 11.3. The van der Waals surface area contributed by atoms with Crippen molar-refractivity contribution in [2.45, 2.75) is 43.6 Å². The van der Waals surface area contributed by atoms with Crippen LogP contribution in [0.25, 0.3) is 0 Å². The first-order valence-electron chi connectivity index (χ1n) is 5.01. The number of fused-ring (bicyclic) bond motifs is 1. The van der Waals surface area contributed by atoms with Crippen LogP contribution in [-0.4, -0.2) is 60.0 Å². The summed E-state index contributed by atoms with van der Waals surface area (Å²) in [6.07, 6.45) is -6.75. The molecule has 6 unspecified atom stereocenters. The van der Waals surface area contributed by atoms with E-state index in [-0.39, 0.29) is 88.1 Å². The van der Waals surface area contributed by atoms with Gasteiger partial charge in [-0.05, 0) is 6.92 Å². The molecule has 2 aliphatic heterocycles. The molecule has 2 fully saturated rings. The maximum absolute atomic E-state index is 11.4. The quantitative estimate of drug-likeness (QED) is 0.279. The summed E-state index contributed by atoms with van der Waals surface area (Å²) < 4.78 is 19.1. The molecule has 0 aromatic rings. The number of aliphatic hydroxyl groups is 2. The van der Waals surface area contributed by atoms with Gasteiger partial charge in [0.05, 0.1) is 13.1 Å². The summed E-state index contributed by atoms with van der Waals surface area (Å²) >= 11 is 0.